The van der Waals surface area contributed by atoms with Crippen LogP contribution >= 0.6 is 0 Å². The van der Waals surface area contributed by atoms with Gasteiger partial charge in [0.1, 0.15) is 11.6 Å². The molecule has 2 heterocycles. The first kappa shape index (κ1) is 13.5. The maximum absolute atomic E-state index is 4.55. The van der Waals surface area contributed by atoms with Crippen LogP contribution in [0.1, 0.15) is 23.9 Å². The van der Waals surface area contributed by atoms with Gasteiger partial charge in [0.05, 0.1) is 18.1 Å². The molecule has 2 aromatic heterocycles. The van der Waals surface area contributed by atoms with Gasteiger partial charge in [-0.3, -0.25) is 0 Å². The van der Waals surface area contributed by atoms with Gasteiger partial charge in [-0.25, -0.2) is 14.6 Å². The van der Waals surface area contributed by atoms with E-state index in [0.717, 1.165) is 29.2 Å². The van der Waals surface area contributed by atoms with Crippen LogP contribution in [0.15, 0.2) is 30.5 Å². The zero-order chi connectivity index (χ0) is 14.8. The number of nitrogens with zero attached hydrogens (tertiary/aromatic N) is 4. The lowest BCUT2D eigenvalue weighted by Crippen LogP contribution is -2.06. The van der Waals surface area contributed by atoms with Gasteiger partial charge in [-0.15, -0.1) is 0 Å². The zero-order valence-corrected chi connectivity index (χ0v) is 12.6. The molecule has 0 fully saturated rings. The molecule has 3 rings (SSSR count). The summed E-state index contributed by atoms with van der Waals surface area (Å²) < 4.78 is 1.93. The van der Waals surface area contributed by atoms with Crippen LogP contribution in [0.25, 0.3) is 11.0 Å². The first-order valence-electron chi connectivity index (χ1n) is 7.17. The van der Waals surface area contributed by atoms with Crippen molar-refractivity contribution in [1.29, 1.82) is 0 Å². The molecule has 0 atom stereocenters. The number of benzene rings is 1. The maximum atomic E-state index is 4.55. The fourth-order valence-electron chi connectivity index (χ4n) is 2.47. The van der Waals surface area contributed by atoms with Crippen LogP contribution in [0, 0.1) is 13.8 Å². The van der Waals surface area contributed by atoms with E-state index in [1.165, 1.54) is 11.1 Å². The Morgan fingerprint density at radius 1 is 1.19 bits per heavy atom. The molecule has 0 saturated heterocycles. The second kappa shape index (κ2) is 5.52. The van der Waals surface area contributed by atoms with E-state index in [0.29, 0.717) is 6.54 Å². The highest BCUT2D eigenvalue weighted by molar-refractivity contribution is 5.86. The normalized spacial score (nSPS) is 11.0. The molecule has 0 aliphatic carbocycles. The van der Waals surface area contributed by atoms with Gasteiger partial charge in [-0.1, -0.05) is 29.8 Å². The molecular formula is C16H19N5. The minimum absolute atomic E-state index is 0.715. The first-order valence-corrected chi connectivity index (χ1v) is 7.17. The van der Waals surface area contributed by atoms with Crippen LogP contribution in [0.2, 0.25) is 0 Å². The van der Waals surface area contributed by atoms with Gasteiger partial charge in [0.25, 0.3) is 0 Å². The summed E-state index contributed by atoms with van der Waals surface area (Å²) in [4.78, 5) is 9.00. The Labute approximate surface area is 124 Å². The molecule has 0 saturated carbocycles. The molecule has 21 heavy (non-hydrogen) atoms. The third kappa shape index (κ3) is 2.72. The molecule has 3 aromatic rings. The topological polar surface area (TPSA) is 55.6 Å². The van der Waals surface area contributed by atoms with Crippen molar-refractivity contribution in [2.24, 2.45) is 0 Å². The largest absolute Gasteiger partial charge is 0.370 e. The Morgan fingerprint density at radius 3 is 2.81 bits per heavy atom. The van der Waals surface area contributed by atoms with E-state index in [2.05, 4.69) is 58.5 Å². The van der Waals surface area contributed by atoms with E-state index in [9.17, 15) is 0 Å². The molecular weight excluding hydrogens is 262 g/mol. The molecule has 1 N–H and O–H groups in total. The number of nitrogens with one attached hydrogen (secondary N) is 1. The lowest BCUT2D eigenvalue weighted by molar-refractivity contribution is 0.702. The Hall–Kier alpha value is -2.43. The summed E-state index contributed by atoms with van der Waals surface area (Å²) in [7, 11) is 0. The van der Waals surface area contributed by atoms with Crippen molar-refractivity contribution in [3.63, 3.8) is 0 Å². The van der Waals surface area contributed by atoms with Crippen molar-refractivity contribution in [1.82, 2.24) is 19.7 Å². The molecule has 0 spiro atoms. The Kier molecular flexibility index (Phi) is 3.56. The quantitative estimate of drug-likeness (QED) is 0.799. The van der Waals surface area contributed by atoms with Crippen LogP contribution in [-0.4, -0.2) is 26.3 Å². The zero-order valence-electron chi connectivity index (χ0n) is 12.6. The SMILES string of the molecule is CCNc1nc(C)nc2c1cnn2Cc1cccc(C)c1. The standard InChI is InChI=1S/C16H19N5/c1-4-17-15-14-9-18-21(16(14)20-12(3)19-15)10-13-7-5-6-11(2)8-13/h5-9H,4,10H2,1-3H3,(H,17,19,20). The molecule has 108 valence electrons. The predicted molar refractivity (Wildman–Crippen MR) is 84.5 cm³/mol. The summed E-state index contributed by atoms with van der Waals surface area (Å²) in [5.74, 6) is 1.61. The highest BCUT2D eigenvalue weighted by Gasteiger charge is 2.11. The fourth-order valence-corrected chi connectivity index (χ4v) is 2.47. The van der Waals surface area contributed by atoms with Crippen molar-refractivity contribution in [3.05, 3.63) is 47.4 Å². The van der Waals surface area contributed by atoms with Crippen LogP contribution in [0.5, 0.6) is 0 Å². The van der Waals surface area contributed by atoms with Gasteiger partial charge in [-0.05, 0) is 26.3 Å². The molecule has 0 unspecified atom stereocenters. The van der Waals surface area contributed by atoms with Crippen LogP contribution in [0.4, 0.5) is 5.82 Å². The van der Waals surface area contributed by atoms with Crippen LogP contribution in [0.3, 0.4) is 0 Å². The summed E-state index contributed by atoms with van der Waals surface area (Å²) in [6, 6.07) is 8.45. The first-order chi connectivity index (χ1) is 10.2. The number of hydrogen-bond acceptors (Lipinski definition) is 4. The summed E-state index contributed by atoms with van der Waals surface area (Å²) in [6.07, 6.45) is 1.84. The van der Waals surface area contributed by atoms with E-state index in [1.54, 1.807) is 0 Å². The van der Waals surface area contributed by atoms with Gasteiger partial charge >= 0.3 is 0 Å². The molecule has 1 aromatic carbocycles. The van der Waals surface area contributed by atoms with Crippen molar-refractivity contribution in [3.8, 4) is 0 Å². The maximum Gasteiger partial charge on any atom is 0.163 e. The van der Waals surface area contributed by atoms with E-state index < -0.39 is 0 Å². The summed E-state index contributed by atoms with van der Waals surface area (Å²) in [5, 5.41) is 8.72. The minimum Gasteiger partial charge on any atom is -0.370 e. The number of hydrogen-bond donors (Lipinski definition) is 1. The lowest BCUT2D eigenvalue weighted by atomic mass is 10.1. The van der Waals surface area contributed by atoms with Gasteiger partial charge in [0.2, 0.25) is 0 Å². The molecule has 0 amide bonds. The van der Waals surface area contributed by atoms with E-state index in [1.807, 2.05) is 17.8 Å². The molecule has 5 nitrogen and oxygen atoms in total. The van der Waals surface area contributed by atoms with Gasteiger partial charge in [0, 0.05) is 6.54 Å². The van der Waals surface area contributed by atoms with Crippen LogP contribution < -0.4 is 5.32 Å². The summed E-state index contributed by atoms with van der Waals surface area (Å²) in [5.41, 5.74) is 3.35. The number of aromatic nitrogens is 4. The molecule has 0 bridgehead atoms. The number of anilines is 1. The molecule has 5 heteroatoms. The van der Waals surface area contributed by atoms with E-state index in [4.69, 9.17) is 0 Å². The summed E-state index contributed by atoms with van der Waals surface area (Å²) in [6.45, 7) is 7.60. The average molecular weight is 281 g/mol. The highest BCUT2D eigenvalue weighted by atomic mass is 15.3. The summed E-state index contributed by atoms with van der Waals surface area (Å²) >= 11 is 0. The van der Waals surface area contributed by atoms with Crippen molar-refractivity contribution >= 4 is 16.9 Å². The number of rotatable bonds is 4. The third-order valence-electron chi connectivity index (χ3n) is 3.37. The molecule has 0 aliphatic heterocycles. The second-order valence-electron chi connectivity index (χ2n) is 5.18. The Balaban J connectivity index is 2.03. The molecule has 0 aliphatic rings. The Bertz CT molecular complexity index is 775. The monoisotopic (exact) mass is 281 g/mol. The minimum atomic E-state index is 0.715. The smallest absolute Gasteiger partial charge is 0.163 e. The third-order valence-corrected chi connectivity index (χ3v) is 3.37. The predicted octanol–water partition coefficient (Wildman–Crippen LogP) is 2.92. The number of aryl methyl sites for hydroxylation is 2. The van der Waals surface area contributed by atoms with E-state index >= 15 is 0 Å². The van der Waals surface area contributed by atoms with Crippen molar-refractivity contribution in [2.45, 2.75) is 27.3 Å². The average Bonchev–Trinajstić information content (AvgIpc) is 2.82. The number of fused-ring (bicyclic) bond motifs is 1. The second-order valence-corrected chi connectivity index (χ2v) is 5.18. The van der Waals surface area contributed by atoms with Crippen molar-refractivity contribution < 1.29 is 0 Å². The van der Waals surface area contributed by atoms with Gasteiger partial charge in [0.15, 0.2) is 5.65 Å². The Morgan fingerprint density at radius 2 is 2.05 bits per heavy atom. The highest BCUT2D eigenvalue weighted by Crippen LogP contribution is 2.20. The molecule has 0 radical (unpaired) electrons. The van der Waals surface area contributed by atoms with Crippen molar-refractivity contribution in [2.75, 3.05) is 11.9 Å². The fraction of sp³-hybridized carbons (Fsp3) is 0.312. The van der Waals surface area contributed by atoms with Gasteiger partial charge in [-0.2, -0.15) is 5.10 Å². The van der Waals surface area contributed by atoms with Gasteiger partial charge < -0.3 is 5.32 Å². The van der Waals surface area contributed by atoms with Crippen LogP contribution in [-0.2, 0) is 6.54 Å². The van der Waals surface area contributed by atoms with E-state index in [-0.39, 0.29) is 0 Å². The lowest BCUT2D eigenvalue weighted by Gasteiger charge is -2.07.